The normalized spacial score (nSPS) is 15.1. The fourth-order valence-corrected chi connectivity index (χ4v) is 3.47. The molecule has 0 aromatic heterocycles. The van der Waals surface area contributed by atoms with Crippen molar-refractivity contribution in [1.29, 1.82) is 0 Å². The number of imide groups is 2. The van der Waals surface area contributed by atoms with Gasteiger partial charge in [0, 0.05) is 0 Å². The molecule has 0 saturated carbocycles. The summed E-state index contributed by atoms with van der Waals surface area (Å²) >= 11 is 0. The van der Waals surface area contributed by atoms with Gasteiger partial charge >= 0.3 is 6.03 Å². The van der Waals surface area contributed by atoms with Crippen molar-refractivity contribution in [2.24, 2.45) is 0 Å². The topological polar surface area (TPSA) is 75.7 Å². The van der Waals surface area contributed by atoms with Crippen molar-refractivity contribution in [1.82, 2.24) is 5.32 Å². The van der Waals surface area contributed by atoms with E-state index in [2.05, 4.69) is 31.3 Å². The molecule has 0 bridgehead atoms. The molecule has 1 heterocycles. The number of anilines is 1. The molecule has 6 nitrogen and oxygen atoms in total. The summed E-state index contributed by atoms with van der Waals surface area (Å²) in [7, 11) is 0. The summed E-state index contributed by atoms with van der Waals surface area (Å²) in [5.41, 5.74) is 5.46. The monoisotopic (exact) mass is 440 g/mol. The molecule has 1 aliphatic rings. The van der Waals surface area contributed by atoms with Crippen LogP contribution in [-0.2, 0) is 16.2 Å². The van der Waals surface area contributed by atoms with Crippen molar-refractivity contribution in [2.75, 3.05) is 4.90 Å². The number of nitrogens with one attached hydrogen (secondary N) is 1. The summed E-state index contributed by atoms with van der Waals surface area (Å²) in [5.74, 6) is -0.711. The molecule has 0 aliphatic carbocycles. The maximum Gasteiger partial charge on any atom is 0.335 e. The van der Waals surface area contributed by atoms with Gasteiger partial charge in [-0.3, -0.25) is 14.9 Å². The second-order valence-electron chi connectivity index (χ2n) is 8.07. The first-order valence-electron chi connectivity index (χ1n) is 10.6. The highest BCUT2D eigenvalue weighted by Gasteiger charge is 2.36. The van der Waals surface area contributed by atoms with Crippen LogP contribution in [0, 0.1) is 20.8 Å². The molecule has 1 aliphatic heterocycles. The highest BCUT2D eigenvalue weighted by Crippen LogP contribution is 2.23. The van der Waals surface area contributed by atoms with Crippen LogP contribution in [-0.4, -0.2) is 17.8 Å². The lowest BCUT2D eigenvalue weighted by Gasteiger charge is -2.26. The van der Waals surface area contributed by atoms with E-state index in [1.807, 2.05) is 13.0 Å². The smallest absolute Gasteiger partial charge is 0.335 e. The Kier molecular flexibility index (Phi) is 6.09. The van der Waals surface area contributed by atoms with Gasteiger partial charge in [-0.25, -0.2) is 9.69 Å². The summed E-state index contributed by atoms with van der Waals surface area (Å²) in [6.07, 6.45) is 1.47. The van der Waals surface area contributed by atoms with Crippen LogP contribution in [0.2, 0.25) is 0 Å². The minimum atomic E-state index is -0.763. The molecule has 0 radical (unpaired) electrons. The molecule has 3 aromatic rings. The number of benzene rings is 3. The molecule has 4 rings (SSSR count). The Hall–Kier alpha value is -4.19. The van der Waals surface area contributed by atoms with Crippen LogP contribution < -0.4 is 15.0 Å². The molecule has 1 N–H and O–H groups in total. The third kappa shape index (κ3) is 4.85. The predicted molar refractivity (Wildman–Crippen MR) is 127 cm³/mol. The molecule has 166 valence electrons. The summed E-state index contributed by atoms with van der Waals surface area (Å²) in [5, 5.41) is 2.24. The lowest BCUT2D eigenvalue weighted by atomic mass is 10.1. The zero-order valence-electron chi connectivity index (χ0n) is 18.7. The van der Waals surface area contributed by atoms with E-state index in [9.17, 15) is 14.4 Å². The van der Waals surface area contributed by atoms with Gasteiger partial charge in [-0.05, 0) is 73.4 Å². The number of barbiturate groups is 1. The Balaban J connectivity index is 1.50. The number of carbonyl (C=O) groups excluding carboxylic acids is 3. The number of hydrogen-bond donors (Lipinski definition) is 1. The van der Waals surface area contributed by atoms with Crippen molar-refractivity contribution in [3.63, 3.8) is 0 Å². The van der Waals surface area contributed by atoms with Gasteiger partial charge in [0.15, 0.2) is 0 Å². The summed E-state index contributed by atoms with van der Waals surface area (Å²) in [6.45, 7) is 6.49. The quantitative estimate of drug-likeness (QED) is 0.454. The molecule has 4 amide bonds. The second-order valence-corrected chi connectivity index (χ2v) is 8.07. The molecule has 1 fully saturated rings. The Labute approximate surface area is 192 Å². The number of amides is 4. The lowest BCUT2D eigenvalue weighted by Crippen LogP contribution is -2.54. The van der Waals surface area contributed by atoms with Crippen molar-refractivity contribution in [3.05, 3.63) is 100 Å². The van der Waals surface area contributed by atoms with E-state index in [-0.39, 0.29) is 5.57 Å². The van der Waals surface area contributed by atoms with Crippen molar-refractivity contribution in [3.8, 4) is 5.75 Å². The Bertz CT molecular complexity index is 1260. The average Bonchev–Trinajstić information content (AvgIpc) is 2.79. The molecule has 0 spiro atoms. The number of nitrogens with zero attached hydrogens (tertiary/aromatic N) is 1. The van der Waals surface area contributed by atoms with Crippen LogP contribution in [0.3, 0.4) is 0 Å². The van der Waals surface area contributed by atoms with Gasteiger partial charge in [-0.1, -0.05) is 48.0 Å². The number of ether oxygens (including phenoxy) is 1. The Morgan fingerprint density at radius 1 is 0.848 bits per heavy atom. The lowest BCUT2D eigenvalue weighted by molar-refractivity contribution is -0.122. The Morgan fingerprint density at radius 3 is 2.21 bits per heavy atom. The first kappa shape index (κ1) is 22.0. The first-order chi connectivity index (χ1) is 15.8. The zero-order valence-corrected chi connectivity index (χ0v) is 18.7. The Morgan fingerprint density at radius 2 is 1.55 bits per heavy atom. The van der Waals surface area contributed by atoms with Crippen LogP contribution >= 0.6 is 0 Å². The summed E-state index contributed by atoms with van der Waals surface area (Å²) in [6, 6.07) is 19.5. The van der Waals surface area contributed by atoms with E-state index in [0.29, 0.717) is 23.6 Å². The fourth-order valence-electron chi connectivity index (χ4n) is 3.47. The third-order valence-corrected chi connectivity index (χ3v) is 5.56. The van der Waals surface area contributed by atoms with Gasteiger partial charge in [0.2, 0.25) is 0 Å². The van der Waals surface area contributed by atoms with Gasteiger partial charge in [0.25, 0.3) is 11.8 Å². The second kappa shape index (κ2) is 9.12. The average molecular weight is 440 g/mol. The maximum atomic E-state index is 13.0. The zero-order chi connectivity index (χ0) is 23.5. The van der Waals surface area contributed by atoms with Crippen LogP contribution in [0.4, 0.5) is 10.5 Å². The van der Waals surface area contributed by atoms with Gasteiger partial charge in [0.05, 0.1) is 5.69 Å². The molecule has 33 heavy (non-hydrogen) atoms. The van der Waals surface area contributed by atoms with Crippen molar-refractivity contribution in [2.45, 2.75) is 27.4 Å². The highest BCUT2D eigenvalue weighted by molar-refractivity contribution is 6.39. The van der Waals surface area contributed by atoms with Gasteiger partial charge in [-0.2, -0.15) is 0 Å². The molecular weight excluding hydrogens is 416 g/mol. The largest absolute Gasteiger partial charge is 0.489 e. The van der Waals surface area contributed by atoms with Gasteiger partial charge in [0.1, 0.15) is 17.9 Å². The van der Waals surface area contributed by atoms with Gasteiger partial charge in [-0.15, -0.1) is 0 Å². The minimum absolute atomic E-state index is 0.112. The van der Waals surface area contributed by atoms with E-state index in [4.69, 9.17) is 4.74 Å². The first-order valence-corrected chi connectivity index (χ1v) is 10.6. The van der Waals surface area contributed by atoms with Crippen LogP contribution in [0.5, 0.6) is 5.75 Å². The number of rotatable bonds is 5. The van der Waals surface area contributed by atoms with E-state index in [1.54, 1.807) is 48.5 Å². The SMILES string of the molecule is Cc1ccc(N2C(=O)NC(=O)/C(=C\c3ccc(OCc4ccc(C)c(C)c4)cc3)C2=O)cc1. The van der Waals surface area contributed by atoms with Crippen LogP contribution in [0.15, 0.2) is 72.3 Å². The third-order valence-electron chi connectivity index (χ3n) is 5.56. The van der Waals surface area contributed by atoms with E-state index in [1.165, 1.54) is 17.2 Å². The van der Waals surface area contributed by atoms with E-state index < -0.39 is 17.8 Å². The van der Waals surface area contributed by atoms with Crippen LogP contribution in [0.25, 0.3) is 6.08 Å². The van der Waals surface area contributed by atoms with Crippen LogP contribution in [0.1, 0.15) is 27.8 Å². The molecular formula is C27H24N2O4. The number of carbonyl (C=O) groups is 3. The summed E-state index contributed by atoms with van der Waals surface area (Å²) in [4.78, 5) is 38.6. The fraction of sp³-hybridized carbons (Fsp3) is 0.148. The van der Waals surface area contributed by atoms with Crippen molar-refractivity contribution >= 4 is 29.6 Å². The number of hydrogen-bond acceptors (Lipinski definition) is 4. The number of urea groups is 1. The predicted octanol–water partition coefficient (Wildman–Crippen LogP) is 4.86. The van der Waals surface area contributed by atoms with Crippen molar-refractivity contribution < 1.29 is 19.1 Å². The minimum Gasteiger partial charge on any atom is -0.489 e. The molecule has 6 heteroatoms. The van der Waals surface area contributed by atoms with E-state index >= 15 is 0 Å². The molecule has 0 unspecified atom stereocenters. The molecule has 0 atom stereocenters. The van der Waals surface area contributed by atoms with E-state index in [0.717, 1.165) is 16.0 Å². The van der Waals surface area contributed by atoms with Gasteiger partial charge < -0.3 is 4.74 Å². The summed E-state index contributed by atoms with van der Waals surface area (Å²) < 4.78 is 5.85. The highest BCUT2D eigenvalue weighted by atomic mass is 16.5. The number of aryl methyl sites for hydroxylation is 3. The molecule has 1 saturated heterocycles. The molecule has 3 aromatic carbocycles. The standard InChI is InChI=1S/C27H24N2O4/c1-17-4-10-22(11-5-17)29-26(31)24(25(30)28-27(29)32)15-20-8-12-23(13-9-20)33-16-21-7-6-18(2)19(3)14-21/h4-15H,16H2,1-3H3,(H,28,30,32)/b24-15+. The maximum absolute atomic E-state index is 13.0.